The number of aliphatic hydroxyl groups excluding tert-OH is 1. The lowest BCUT2D eigenvalue weighted by atomic mass is 10.1. The molecule has 0 spiro atoms. The van der Waals surface area contributed by atoms with E-state index < -0.39 is 0 Å². The minimum Gasteiger partial charge on any atom is -0.466 e. The summed E-state index contributed by atoms with van der Waals surface area (Å²) in [4.78, 5) is 23.3. The number of ether oxygens (including phenoxy) is 1. The van der Waals surface area contributed by atoms with Gasteiger partial charge in [0.15, 0.2) is 0 Å². The summed E-state index contributed by atoms with van der Waals surface area (Å²) >= 11 is 6.58. The largest absolute Gasteiger partial charge is 0.466 e. The van der Waals surface area contributed by atoms with Crippen molar-refractivity contribution in [3.63, 3.8) is 0 Å². The summed E-state index contributed by atoms with van der Waals surface area (Å²) in [6.45, 7) is 2.58. The number of esters is 1. The highest BCUT2D eigenvalue weighted by atomic mass is 79.9. The van der Waals surface area contributed by atoms with E-state index in [4.69, 9.17) is 4.74 Å². The first-order valence-electron chi connectivity index (χ1n) is 7.35. The summed E-state index contributed by atoms with van der Waals surface area (Å²) in [5.74, 6) is -0.155. The second-order valence-electron chi connectivity index (χ2n) is 4.87. The molecule has 0 saturated carbocycles. The molecule has 1 rings (SSSR count). The highest BCUT2D eigenvalue weighted by molar-refractivity contribution is 9.11. The molecule has 0 bridgehead atoms. The van der Waals surface area contributed by atoms with Crippen LogP contribution in [0.25, 0.3) is 0 Å². The Morgan fingerprint density at radius 1 is 1.23 bits per heavy atom. The summed E-state index contributed by atoms with van der Waals surface area (Å²) in [5, 5.41) is 9.41. The normalized spacial score (nSPS) is 10.7. The molecule has 1 aromatic rings. The van der Waals surface area contributed by atoms with Gasteiger partial charge >= 0.3 is 5.97 Å². The Balaban J connectivity index is 2.46. The van der Waals surface area contributed by atoms with Gasteiger partial charge in [0.05, 0.1) is 23.4 Å². The molecule has 1 aromatic heterocycles. The van der Waals surface area contributed by atoms with E-state index in [9.17, 15) is 14.7 Å². The van der Waals surface area contributed by atoms with E-state index in [1.165, 1.54) is 0 Å². The fraction of sp³-hybridized carbons (Fsp3) is 0.600. The van der Waals surface area contributed by atoms with Crippen LogP contribution in [-0.2, 0) is 22.7 Å². The standard InChI is InChI=1S/C15H21Br2NO4/c1-2-22-14(20)7-5-3-4-6-8-18-13(10-19)11(16)9-12(17)15(18)21/h9,19H,2-8,10H2,1H3. The van der Waals surface area contributed by atoms with Crippen LogP contribution in [-0.4, -0.2) is 22.2 Å². The number of hydrogen-bond acceptors (Lipinski definition) is 4. The predicted molar refractivity (Wildman–Crippen MR) is 91.7 cm³/mol. The molecule has 0 fully saturated rings. The van der Waals surface area contributed by atoms with E-state index in [1.54, 1.807) is 17.6 Å². The van der Waals surface area contributed by atoms with Crippen LogP contribution in [0, 0.1) is 0 Å². The third-order valence-corrected chi connectivity index (χ3v) is 4.53. The molecule has 0 aliphatic rings. The van der Waals surface area contributed by atoms with Crippen molar-refractivity contribution in [1.82, 2.24) is 4.57 Å². The van der Waals surface area contributed by atoms with Gasteiger partial charge in [0, 0.05) is 17.4 Å². The highest BCUT2D eigenvalue weighted by Gasteiger charge is 2.11. The molecule has 0 aliphatic carbocycles. The number of nitrogens with zero attached hydrogens (tertiary/aromatic N) is 1. The summed E-state index contributed by atoms with van der Waals surface area (Å²) in [6, 6.07) is 1.66. The summed E-state index contributed by atoms with van der Waals surface area (Å²) in [7, 11) is 0. The lowest BCUT2D eigenvalue weighted by Crippen LogP contribution is -2.25. The van der Waals surface area contributed by atoms with Gasteiger partial charge in [-0.2, -0.15) is 0 Å². The number of unbranched alkanes of at least 4 members (excludes halogenated alkanes) is 3. The van der Waals surface area contributed by atoms with Crippen LogP contribution in [0.5, 0.6) is 0 Å². The van der Waals surface area contributed by atoms with Crippen molar-refractivity contribution in [3.8, 4) is 0 Å². The molecule has 0 atom stereocenters. The van der Waals surface area contributed by atoms with Gasteiger partial charge in [-0.25, -0.2) is 0 Å². The van der Waals surface area contributed by atoms with E-state index in [0.717, 1.165) is 25.7 Å². The lowest BCUT2D eigenvalue weighted by Gasteiger charge is -2.13. The number of halogens is 2. The molecule has 22 heavy (non-hydrogen) atoms. The van der Waals surface area contributed by atoms with Crippen molar-refractivity contribution in [1.29, 1.82) is 0 Å². The van der Waals surface area contributed by atoms with Crippen LogP contribution in [0.2, 0.25) is 0 Å². The summed E-state index contributed by atoms with van der Waals surface area (Å²) in [5.41, 5.74) is 0.443. The molecule has 124 valence electrons. The van der Waals surface area contributed by atoms with Crippen molar-refractivity contribution in [2.45, 2.75) is 52.2 Å². The summed E-state index contributed by atoms with van der Waals surface area (Å²) < 4.78 is 7.63. The third-order valence-electron chi connectivity index (χ3n) is 3.27. The maximum Gasteiger partial charge on any atom is 0.305 e. The average Bonchev–Trinajstić information content (AvgIpc) is 2.47. The van der Waals surface area contributed by atoms with Crippen LogP contribution < -0.4 is 5.56 Å². The Kier molecular flexibility index (Phi) is 8.97. The molecule has 0 radical (unpaired) electrons. The van der Waals surface area contributed by atoms with E-state index in [-0.39, 0.29) is 18.1 Å². The van der Waals surface area contributed by atoms with Crippen LogP contribution in [0.3, 0.4) is 0 Å². The third kappa shape index (κ3) is 5.85. The second-order valence-corrected chi connectivity index (χ2v) is 6.58. The first-order valence-corrected chi connectivity index (χ1v) is 8.94. The highest BCUT2D eigenvalue weighted by Crippen LogP contribution is 2.19. The molecule has 0 saturated heterocycles. The van der Waals surface area contributed by atoms with Crippen molar-refractivity contribution in [2.75, 3.05) is 6.61 Å². The van der Waals surface area contributed by atoms with Crippen LogP contribution in [0.1, 0.15) is 44.7 Å². The topological polar surface area (TPSA) is 68.5 Å². The predicted octanol–water partition coefficient (Wildman–Crippen LogP) is 3.38. The van der Waals surface area contributed by atoms with Gasteiger partial charge in [0.2, 0.25) is 0 Å². The van der Waals surface area contributed by atoms with E-state index in [0.29, 0.717) is 34.2 Å². The molecule has 0 amide bonds. The van der Waals surface area contributed by atoms with Gasteiger partial charge in [0.1, 0.15) is 0 Å². The fourth-order valence-electron chi connectivity index (χ4n) is 2.16. The fourth-order valence-corrected chi connectivity index (χ4v) is 3.48. The molecular weight excluding hydrogens is 418 g/mol. The molecule has 0 aromatic carbocycles. The maximum absolute atomic E-state index is 12.1. The number of aliphatic hydroxyl groups is 1. The molecule has 1 N–H and O–H groups in total. The Labute approximate surface area is 146 Å². The monoisotopic (exact) mass is 437 g/mol. The van der Waals surface area contributed by atoms with Gasteiger partial charge in [-0.05, 0) is 57.7 Å². The zero-order valence-corrected chi connectivity index (χ0v) is 15.8. The first-order chi connectivity index (χ1) is 10.5. The Morgan fingerprint density at radius 2 is 1.91 bits per heavy atom. The number of aromatic nitrogens is 1. The van der Waals surface area contributed by atoms with Gasteiger partial charge < -0.3 is 14.4 Å². The van der Waals surface area contributed by atoms with Gasteiger partial charge in [-0.15, -0.1) is 0 Å². The van der Waals surface area contributed by atoms with Crippen molar-refractivity contribution >= 4 is 37.8 Å². The van der Waals surface area contributed by atoms with E-state index in [1.807, 2.05) is 0 Å². The second kappa shape index (κ2) is 10.2. The minimum absolute atomic E-state index is 0.140. The van der Waals surface area contributed by atoms with Crippen LogP contribution >= 0.6 is 31.9 Å². The SMILES string of the molecule is CCOC(=O)CCCCCCn1c(CO)c(Br)cc(Br)c1=O. The average molecular weight is 439 g/mol. The number of pyridine rings is 1. The Morgan fingerprint density at radius 3 is 2.55 bits per heavy atom. The van der Waals surface area contributed by atoms with Crippen molar-refractivity contribution < 1.29 is 14.6 Å². The molecule has 0 unspecified atom stereocenters. The maximum atomic E-state index is 12.1. The quantitative estimate of drug-likeness (QED) is 0.474. The van der Waals surface area contributed by atoms with Crippen LogP contribution in [0.15, 0.2) is 19.8 Å². The van der Waals surface area contributed by atoms with Crippen LogP contribution in [0.4, 0.5) is 0 Å². The molecule has 1 heterocycles. The molecule has 7 heteroatoms. The van der Waals surface area contributed by atoms with Gasteiger partial charge in [-0.1, -0.05) is 12.8 Å². The molecule has 0 aliphatic heterocycles. The zero-order valence-electron chi connectivity index (χ0n) is 12.6. The summed E-state index contributed by atoms with van der Waals surface area (Å²) in [6.07, 6.45) is 3.89. The van der Waals surface area contributed by atoms with Gasteiger partial charge in [0.25, 0.3) is 5.56 Å². The number of rotatable bonds is 9. The number of carbonyl (C=O) groups excluding carboxylic acids is 1. The van der Waals surface area contributed by atoms with E-state index in [2.05, 4.69) is 31.9 Å². The lowest BCUT2D eigenvalue weighted by molar-refractivity contribution is -0.143. The first kappa shape index (κ1) is 19.4. The minimum atomic E-state index is -0.189. The zero-order chi connectivity index (χ0) is 16.5. The number of carbonyl (C=O) groups is 1. The van der Waals surface area contributed by atoms with Gasteiger partial charge in [-0.3, -0.25) is 9.59 Å². The van der Waals surface area contributed by atoms with Crippen molar-refractivity contribution in [3.05, 3.63) is 31.1 Å². The Hall–Kier alpha value is -0.660. The van der Waals surface area contributed by atoms with E-state index >= 15 is 0 Å². The molecular formula is C15H21Br2NO4. The Bertz CT molecular complexity index is 557. The molecule has 5 nitrogen and oxygen atoms in total. The number of hydrogen-bond donors (Lipinski definition) is 1. The smallest absolute Gasteiger partial charge is 0.305 e. The van der Waals surface area contributed by atoms with Crippen molar-refractivity contribution in [2.24, 2.45) is 0 Å².